The molecule has 0 fully saturated rings. The molecule has 114 valence electrons. The van der Waals surface area contributed by atoms with Gasteiger partial charge in [-0.1, -0.05) is 30.3 Å². The number of hydrogen-bond acceptors (Lipinski definition) is 2. The van der Waals surface area contributed by atoms with Crippen molar-refractivity contribution in [1.29, 1.82) is 0 Å². The minimum absolute atomic E-state index is 0.00525. The van der Waals surface area contributed by atoms with Gasteiger partial charge in [0.15, 0.2) is 0 Å². The number of carbonyl (C=O) groups excluding carboxylic acids is 1. The van der Waals surface area contributed by atoms with Crippen molar-refractivity contribution < 1.29 is 13.9 Å². The Labute approximate surface area is 129 Å². The van der Waals surface area contributed by atoms with Crippen molar-refractivity contribution in [2.45, 2.75) is 25.3 Å². The second-order valence-electron chi connectivity index (χ2n) is 5.42. The lowest BCUT2D eigenvalue weighted by atomic mass is 10.00. The van der Waals surface area contributed by atoms with Crippen LogP contribution in [0.3, 0.4) is 0 Å². The summed E-state index contributed by atoms with van der Waals surface area (Å²) in [7, 11) is 0. The predicted octanol–water partition coefficient (Wildman–Crippen LogP) is 3.40. The van der Waals surface area contributed by atoms with Crippen LogP contribution >= 0.6 is 0 Å². The number of benzene rings is 2. The molecule has 1 N–H and O–H groups in total. The van der Waals surface area contributed by atoms with Crippen molar-refractivity contribution in [3.63, 3.8) is 0 Å². The lowest BCUT2D eigenvalue weighted by Crippen LogP contribution is -2.32. The summed E-state index contributed by atoms with van der Waals surface area (Å²) in [4.78, 5) is 12.1. The minimum atomic E-state index is -0.257. The normalized spacial score (nSPS) is 16.5. The third kappa shape index (κ3) is 3.45. The third-order valence-electron chi connectivity index (χ3n) is 3.85. The van der Waals surface area contributed by atoms with E-state index in [-0.39, 0.29) is 17.8 Å². The van der Waals surface area contributed by atoms with Gasteiger partial charge in [0.1, 0.15) is 11.6 Å². The summed E-state index contributed by atoms with van der Waals surface area (Å²) in [6.07, 6.45) is 1.78. The van der Waals surface area contributed by atoms with Crippen LogP contribution in [0.2, 0.25) is 0 Å². The third-order valence-corrected chi connectivity index (χ3v) is 3.85. The quantitative estimate of drug-likeness (QED) is 0.939. The first-order valence-electron chi connectivity index (χ1n) is 7.48. The highest BCUT2D eigenvalue weighted by Crippen LogP contribution is 2.31. The number of halogens is 1. The standard InChI is InChI=1S/C18H18FNO2/c19-14-8-5-13(6-9-14)7-10-18(21)20-16-11-12-22-17-4-2-1-3-15(16)17/h1-6,8-9,16H,7,10-12H2,(H,20,21)/t16-/m1/s1. The maximum Gasteiger partial charge on any atom is 0.220 e. The van der Waals surface area contributed by atoms with Crippen LogP contribution in [0.5, 0.6) is 5.75 Å². The molecule has 1 aliphatic rings. The fourth-order valence-corrected chi connectivity index (χ4v) is 2.67. The SMILES string of the molecule is O=C(CCc1ccc(F)cc1)N[C@@H]1CCOc2ccccc21. The molecule has 1 heterocycles. The number of hydrogen-bond donors (Lipinski definition) is 1. The number of carbonyl (C=O) groups is 1. The summed E-state index contributed by atoms with van der Waals surface area (Å²) in [5.74, 6) is 0.593. The molecule has 2 aromatic rings. The molecule has 2 aromatic carbocycles. The number of ether oxygens (including phenoxy) is 1. The fraction of sp³-hybridized carbons (Fsp3) is 0.278. The highest BCUT2D eigenvalue weighted by Gasteiger charge is 2.22. The second-order valence-corrected chi connectivity index (χ2v) is 5.42. The van der Waals surface area contributed by atoms with E-state index in [2.05, 4.69) is 5.32 Å². The van der Waals surface area contributed by atoms with Crippen LogP contribution in [0.15, 0.2) is 48.5 Å². The summed E-state index contributed by atoms with van der Waals surface area (Å²) in [6, 6.07) is 14.1. The van der Waals surface area contributed by atoms with E-state index in [0.29, 0.717) is 19.4 Å². The molecular weight excluding hydrogens is 281 g/mol. The Kier molecular flexibility index (Phi) is 4.37. The molecule has 3 rings (SSSR count). The van der Waals surface area contributed by atoms with Crippen LogP contribution < -0.4 is 10.1 Å². The number of aryl methyl sites for hydroxylation is 1. The molecule has 0 spiro atoms. The molecular formula is C18H18FNO2. The van der Waals surface area contributed by atoms with E-state index >= 15 is 0 Å². The van der Waals surface area contributed by atoms with Crippen LogP contribution in [0, 0.1) is 5.82 Å². The highest BCUT2D eigenvalue weighted by molar-refractivity contribution is 5.76. The monoisotopic (exact) mass is 299 g/mol. The van der Waals surface area contributed by atoms with E-state index in [1.54, 1.807) is 12.1 Å². The first kappa shape index (κ1) is 14.6. The molecule has 0 bridgehead atoms. The van der Waals surface area contributed by atoms with Gasteiger partial charge in [-0.15, -0.1) is 0 Å². The molecule has 0 unspecified atom stereocenters. The number of fused-ring (bicyclic) bond motifs is 1. The Morgan fingerprint density at radius 2 is 1.95 bits per heavy atom. The van der Waals surface area contributed by atoms with Crippen LogP contribution in [-0.2, 0) is 11.2 Å². The van der Waals surface area contributed by atoms with E-state index in [4.69, 9.17) is 4.74 Å². The molecule has 1 aliphatic heterocycles. The van der Waals surface area contributed by atoms with Crippen molar-refractivity contribution in [1.82, 2.24) is 5.32 Å². The summed E-state index contributed by atoms with van der Waals surface area (Å²) < 4.78 is 18.4. The average molecular weight is 299 g/mol. The van der Waals surface area contributed by atoms with E-state index in [0.717, 1.165) is 23.3 Å². The molecule has 0 saturated heterocycles. The van der Waals surface area contributed by atoms with E-state index < -0.39 is 0 Å². The Balaban J connectivity index is 1.57. The summed E-state index contributed by atoms with van der Waals surface area (Å²) >= 11 is 0. The maximum absolute atomic E-state index is 12.8. The van der Waals surface area contributed by atoms with Gasteiger partial charge in [0.05, 0.1) is 12.6 Å². The second kappa shape index (κ2) is 6.60. The predicted molar refractivity (Wildman–Crippen MR) is 82.2 cm³/mol. The number of para-hydroxylation sites is 1. The lowest BCUT2D eigenvalue weighted by molar-refractivity contribution is -0.122. The van der Waals surface area contributed by atoms with Crippen LogP contribution in [-0.4, -0.2) is 12.5 Å². The first-order valence-corrected chi connectivity index (χ1v) is 7.48. The minimum Gasteiger partial charge on any atom is -0.493 e. The smallest absolute Gasteiger partial charge is 0.220 e. The molecule has 0 aliphatic carbocycles. The summed E-state index contributed by atoms with van der Waals surface area (Å²) in [6.45, 7) is 0.611. The highest BCUT2D eigenvalue weighted by atomic mass is 19.1. The van der Waals surface area contributed by atoms with Crippen molar-refractivity contribution in [2.24, 2.45) is 0 Å². The fourth-order valence-electron chi connectivity index (χ4n) is 2.67. The lowest BCUT2D eigenvalue weighted by Gasteiger charge is -2.26. The van der Waals surface area contributed by atoms with Crippen molar-refractivity contribution in [3.8, 4) is 5.75 Å². The molecule has 1 atom stereocenters. The number of nitrogens with one attached hydrogen (secondary N) is 1. The molecule has 0 radical (unpaired) electrons. The van der Waals surface area contributed by atoms with Crippen molar-refractivity contribution >= 4 is 5.91 Å². The topological polar surface area (TPSA) is 38.3 Å². The molecule has 22 heavy (non-hydrogen) atoms. The van der Waals surface area contributed by atoms with Crippen LogP contribution in [0.4, 0.5) is 4.39 Å². The van der Waals surface area contributed by atoms with Gasteiger partial charge in [0.25, 0.3) is 0 Å². The number of rotatable bonds is 4. The van der Waals surface area contributed by atoms with Crippen LogP contribution in [0.25, 0.3) is 0 Å². The Morgan fingerprint density at radius 1 is 1.18 bits per heavy atom. The van der Waals surface area contributed by atoms with Gasteiger partial charge < -0.3 is 10.1 Å². The largest absolute Gasteiger partial charge is 0.493 e. The van der Waals surface area contributed by atoms with Gasteiger partial charge in [0, 0.05) is 18.4 Å². The van der Waals surface area contributed by atoms with E-state index in [9.17, 15) is 9.18 Å². The molecule has 4 heteroatoms. The summed E-state index contributed by atoms with van der Waals surface area (Å²) in [5.41, 5.74) is 1.99. The maximum atomic E-state index is 12.8. The first-order chi connectivity index (χ1) is 10.7. The zero-order valence-corrected chi connectivity index (χ0v) is 12.2. The van der Waals surface area contributed by atoms with Gasteiger partial charge in [-0.25, -0.2) is 4.39 Å². The Morgan fingerprint density at radius 3 is 2.77 bits per heavy atom. The summed E-state index contributed by atoms with van der Waals surface area (Å²) in [5, 5.41) is 3.06. The number of amides is 1. The van der Waals surface area contributed by atoms with Gasteiger partial charge in [-0.3, -0.25) is 4.79 Å². The molecule has 3 nitrogen and oxygen atoms in total. The van der Waals surface area contributed by atoms with Crippen LogP contribution in [0.1, 0.15) is 30.0 Å². The van der Waals surface area contributed by atoms with Gasteiger partial charge in [-0.05, 0) is 30.2 Å². The molecule has 1 amide bonds. The van der Waals surface area contributed by atoms with Crippen molar-refractivity contribution in [2.75, 3.05) is 6.61 Å². The zero-order chi connectivity index (χ0) is 15.4. The van der Waals surface area contributed by atoms with Gasteiger partial charge in [0.2, 0.25) is 5.91 Å². The zero-order valence-electron chi connectivity index (χ0n) is 12.2. The van der Waals surface area contributed by atoms with Gasteiger partial charge >= 0.3 is 0 Å². The Bertz CT molecular complexity index is 654. The molecule has 0 saturated carbocycles. The average Bonchev–Trinajstić information content (AvgIpc) is 2.55. The van der Waals surface area contributed by atoms with Gasteiger partial charge in [-0.2, -0.15) is 0 Å². The Hall–Kier alpha value is -2.36. The molecule has 0 aromatic heterocycles. The van der Waals surface area contributed by atoms with E-state index in [1.165, 1.54) is 12.1 Å². The van der Waals surface area contributed by atoms with Crippen molar-refractivity contribution in [3.05, 3.63) is 65.5 Å². The van der Waals surface area contributed by atoms with E-state index in [1.807, 2.05) is 24.3 Å².